The van der Waals surface area contributed by atoms with Crippen LogP contribution in [0.4, 0.5) is 0 Å². The lowest BCUT2D eigenvalue weighted by molar-refractivity contribution is 0.277. The Balaban J connectivity index is 0. The summed E-state index contributed by atoms with van der Waals surface area (Å²) >= 11 is 0. The van der Waals surface area contributed by atoms with E-state index in [2.05, 4.69) is 54.7 Å². The zero-order chi connectivity index (χ0) is 14.9. The van der Waals surface area contributed by atoms with Crippen LogP contribution in [0.15, 0.2) is 67.3 Å². The van der Waals surface area contributed by atoms with E-state index in [4.69, 9.17) is 0 Å². The highest BCUT2D eigenvalue weighted by molar-refractivity contribution is 5.24. The van der Waals surface area contributed by atoms with Crippen LogP contribution in [-0.4, -0.2) is 14.2 Å². The second-order valence-corrected chi connectivity index (χ2v) is 3.61. The Morgan fingerprint density at radius 1 is 1.00 bits per heavy atom. The summed E-state index contributed by atoms with van der Waals surface area (Å²) in [6.07, 6.45) is 9.92. The van der Waals surface area contributed by atoms with Gasteiger partial charge in [0, 0.05) is 14.2 Å². The first-order valence-electron chi connectivity index (χ1n) is 6.67. The number of hydrogen-bond donors (Lipinski definition) is 0. The molecule has 0 radical (unpaired) electrons. The Labute approximate surface area is 119 Å². The second kappa shape index (κ2) is 16.4. The molecular formula is C18H28O. The minimum atomic E-state index is 0.464. The molecule has 106 valence electrons. The molecule has 0 spiro atoms. The fraction of sp³-hybridized carbons (Fsp3) is 0.333. The Kier molecular flexibility index (Phi) is 17.0. The van der Waals surface area contributed by atoms with Crippen LogP contribution in [0.2, 0.25) is 0 Å². The van der Waals surface area contributed by atoms with Crippen LogP contribution in [0.1, 0.15) is 32.3 Å². The molecule has 1 heteroatoms. The smallest absolute Gasteiger partial charge is 0.0351 e. The molecule has 1 nitrogen and oxygen atoms in total. The van der Waals surface area contributed by atoms with Crippen LogP contribution < -0.4 is 0 Å². The lowest BCUT2D eigenvalue weighted by Gasteiger charge is -2.04. The van der Waals surface area contributed by atoms with E-state index in [1.165, 1.54) is 5.56 Å². The van der Waals surface area contributed by atoms with E-state index in [1.807, 2.05) is 32.1 Å². The predicted molar refractivity (Wildman–Crippen MR) is 87.6 cm³/mol. The van der Waals surface area contributed by atoms with Crippen molar-refractivity contribution in [1.82, 2.24) is 0 Å². The number of methoxy groups -OCH3 is 1. The molecule has 0 fully saturated rings. The van der Waals surface area contributed by atoms with E-state index in [-0.39, 0.29) is 0 Å². The van der Waals surface area contributed by atoms with E-state index in [9.17, 15) is 0 Å². The van der Waals surface area contributed by atoms with Crippen LogP contribution in [0, 0.1) is 0 Å². The number of allylic oxidation sites excluding steroid dienone is 5. The topological polar surface area (TPSA) is 9.23 Å². The molecule has 0 aromatic heterocycles. The maximum atomic E-state index is 4.25. The van der Waals surface area contributed by atoms with Crippen molar-refractivity contribution in [3.63, 3.8) is 0 Å². The molecule has 1 atom stereocenters. The highest BCUT2D eigenvalue weighted by Gasteiger charge is 1.97. The third-order valence-corrected chi connectivity index (χ3v) is 2.08. The largest absolute Gasteiger partial charge is 0.388 e. The second-order valence-electron chi connectivity index (χ2n) is 3.61. The van der Waals surface area contributed by atoms with E-state index in [0.717, 1.165) is 0 Å². The minimum Gasteiger partial charge on any atom is -0.388 e. The molecule has 0 amide bonds. The normalized spacial score (nSPS) is 11.2. The van der Waals surface area contributed by atoms with Crippen LogP contribution in [-0.2, 0) is 4.74 Å². The summed E-state index contributed by atoms with van der Waals surface area (Å²) in [5.41, 5.74) is 1.34. The molecule has 1 unspecified atom stereocenters. The molecule has 1 aromatic rings. The minimum absolute atomic E-state index is 0.464. The highest BCUT2D eigenvalue weighted by atomic mass is 16.4. The SMILES string of the molecule is C=C/C=C\C=C/C(C)c1ccccc1.CC.COC. The summed E-state index contributed by atoms with van der Waals surface area (Å²) in [6.45, 7) is 9.80. The number of ether oxygens (including phenoxy) is 1. The first kappa shape index (κ1) is 19.7. The zero-order valence-electron chi connectivity index (χ0n) is 13.0. The lowest BCUT2D eigenvalue weighted by atomic mass is 10.0. The average Bonchev–Trinajstić information content (AvgIpc) is 2.47. The van der Waals surface area contributed by atoms with Gasteiger partial charge < -0.3 is 4.74 Å². The van der Waals surface area contributed by atoms with E-state index in [0.29, 0.717) is 5.92 Å². The molecule has 0 bridgehead atoms. The molecule has 1 rings (SSSR count). The van der Waals surface area contributed by atoms with Gasteiger partial charge in [0.05, 0.1) is 0 Å². The van der Waals surface area contributed by atoms with Gasteiger partial charge in [-0.25, -0.2) is 0 Å². The summed E-state index contributed by atoms with van der Waals surface area (Å²) in [5, 5.41) is 0. The van der Waals surface area contributed by atoms with Gasteiger partial charge in [0.2, 0.25) is 0 Å². The van der Waals surface area contributed by atoms with Crippen molar-refractivity contribution >= 4 is 0 Å². The summed E-state index contributed by atoms with van der Waals surface area (Å²) in [4.78, 5) is 0. The standard InChI is InChI=1S/C14H16.C2H6O.C2H6/c1-3-4-5-7-10-13(2)14-11-8-6-9-12-14;1-3-2;1-2/h3-13H,1H2,2H3;1-2H3;1-2H3/b5-4-,10-7-;;. The average molecular weight is 260 g/mol. The molecule has 19 heavy (non-hydrogen) atoms. The Bertz CT molecular complexity index is 336. The van der Waals surface area contributed by atoms with Crippen molar-refractivity contribution in [2.45, 2.75) is 26.7 Å². The van der Waals surface area contributed by atoms with E-state index < -0.39 is 0 Å². The van der Waals surface area contributed by atoms with Crippen molar-refractivity contribution < 1.29 is 4.74 Å². The van der Waals surface area contributed by atoms with Gasteiger partial charge in [-0.2, -0.15) is 0 Å². The zero-order valence-corrected chi connectivity index (χ0v) is 13.0. The van der Waals surface area contributed by atoms with Crippen molar-refractivity contribution in [1.29, 1.82) is 0 Å². The highest BCUT2D eigenvalue weighted by Crippen LogP contribution is 2.15. The van der Waals surface area contributed by atoms with Crippen LogP contribution in [0.25, 0.3) is 0 Å². The molecule has 0 aliphatic rings. The summed E-state index contributed by atoms with van der Waals surface area (Å²) in [5.74, 6) is 0.464. The van der Waals surface area contributed by atoms with Gasteiger partial charge in [0.25, 0.3) is 0 Å². The third kappa shape index (κ3) is 12.6. The van der Waals surface area contributed by atoms with Crippen molar-refractivity contribution in [3.8, 4) is 0 Å². The summed E-state index contributed by atoms with van der Waals surface area (Å²) in [7, 11) is 3.25. The van der Waals surface area contributed by atoms with Gasteiger partial charge in [0.15, 0.2) is 0 Å². The van der Waals surface area contributed by atoms with E-state index >= 15 is 0 Å². The quantitative estimate of drug-likeness (QED) is 0.661. The molecular weight excluding hydrogens is 232 g/mol. The summed E-state index contributed by atoms with van der Waals surface area (Å²) in [6, 6.07) is 10.5. The Morgan fingerprint density at radius 3 is 2.00 bits per heavy atom. The third-order valence-electron chi connectivity index (χ3n) is 2.08. The van der Waals surface area contributed by atoms with Crippen LogP contribution in [0.5, 0.6) is 0 Å². The molecule has 0 aliphatic carbocycles. The number of rotatable bonds is 4. The van der Waals surface area contributed by atoms with Gasteiger partial charge in [-0.3, -0.25) is 0 Å². The Morgan fingerprint density at radius 2 is 1.53 bits per heavy atom. The van der Waals surface area contributed by atoms with Crippen LogP contribution >= 0.6 is 0 Å². The fourth-order valence-corrected chi connectivity index (χ4v) is 1.24. The first-order valence-corrected chi connectivity index (χ1v) is 6.67. The fourth-order valence-electron chi connectivity index (χ4n) is 1.24. The van der Waals surface area contributed by atoms with Crippen LogP contribution in [0.3, 0.4) is 0 Å². The van der Waals surface area contributed by atoms with Gasteiger partial charge in [-0.05, 0) is 11.5 Å². The van der Waals surface area contributed by atoms with Gasteiger partial charge in [-0.15, -0.1) is 0 Å². The summed E-state index contributed by atoms with van der Waals surface area (Å²) < 4.78 is 4.25. The van der Waals surface area contributed by atoms with Crippen molar-refractivity contribution in [2.24, 2.45) is 0 Å². The molecule has 1 aromatic carbocycles. The molecule has 0 aliphatic heterocycles. The molecule has 0 N–H and O–H groups in total. The molecule has 0 heterocycles. The number of benzene rings is 1. The Hall–Kier alpha value is -1.60. The molecule has 0 saturated carbocycles. The predicted octanol–water partition coefficient (Wildman–Crippen LogP) is 5.38. The molecule has 0 saturated heterocycles. The maximum absolute atomic E-state index is 4.25. The van der Waals surface area contributed by atoms with E-state index in [1.54, 1.807) is 20.3 Å². The van der Waals surface area contributed by atoms with Gasteiger partial charge in [-0.1, -0.05) is 88.1 Å². The monoisotopic (exact) mass is 260 g/mol. The maximum Gasteiger partial charge on any atom is 0.0351 e. The lowest BCUT2D eigenvalue weighted by Crippen LogP contribution is -1.86. The number of hydrogen-bond acceptors (Lipinski definition) is 1. The first-order chi connectivity index (χ1) is 9.26. The van der Waals surface area contributed by atoms with Crippen molar-refractivity contribution in [3.05, 3.63) is 72.9 Å². The van der Waals surface area contributed by atoms with Gasteiger partial charge >= 0.3 is 0 Å². The van der Waals surface area contributed by atoms with Crippen molar-refractivity contribution in [2.75, 3.05) is 14.2 Å². The van der Waals surface area contributed by atoms with Gasteiger partial charge in [0.1, 0.15) is 0 Å².